The Hall–Kier alpha value is -1.75. The summed E-state index contributed by atoms with van der Waals surface area (Å²) in [6.45, 7) is 6.37. The summed E-state index contributed by atoms with van der Waals surface area (Å²) in [6, 6.07) is 5.82. The molecule has 0 aliphatic rings. The average Bonchev–Trinajstić information content (AvgIpc) is 2.47. The molecule has 5 heteroatoms. The number of ether oxygens (including phenoxy) is 2. The normalized spacial score (nSPS) is 10.2. The Kier molecular flexibility index (Phi) is 8.28. The van der Waals surface area contributed by atoms with Crippen molar-refractivity contribution in [2.45, 2.75) is 33.2 Å². The van der Waals surface area contributed by atoms with Crippen molar-refractivity contribution in [3.8, 4) is 11.5 Å². The molecule has 1 aromatic rings. The Morgan fingerprint density at radius 3 is 2.67 bits per heavy atom. The topological polar surface area (TPSA) is 59.6 Å². The van der Waals surface area contributed by atoms with Crippen molar-refractivity contribution >= 4 is 5.91 Å². The molecule has 1 aromatic carbocycles. The number of carbonyl (C=O) groups is 1. The van der Waals surface area contributed by atoms with Gasteiger partial charge in [-0.2, -0.15) is 0 Å². The maximum absolute atomic E-state index is 11.4. The lowest BCUT2D eigenvalue weighted by Gasteiger charge is -2.13. The first-order valence-electron chi connectivity index (χ1n) is 7.51. The fourth-order valence-corrected chi connectivity index (χ4v) is 1.85. The summed E-state index contributed by atoms with van der Waals surface area (Å²) < 4.78 is 11.4. The fourth-order valence-electron chi connectivity index (χ4n) is 1.85. The summed E-state index contributed by atoms with van der Waals surface area (Å²) in [6.07, 6.45) is 1.32. The highest BCUT2D eigenvalue weighted by atomic mass is 16.5. The van der Waals surface area contributed by atoms with E-state index in [0.717, 1.165) is 23.5 Å². The first-order chi connectivity index (χ1) is 10.2. The molecule has 0 unspecified atom stereocenters. The van der Waals surface area contributed by atoms with Crippen LogP contribution < -0.4 is 20.1 Å². The van der Waals surface area contributed by atoms with Crippen LogP contribution in [-0.2, 0) is 11.3 Å². The van der Waals surface area contributed by atoms with Crippen LogP contribution in [0.5, 0.6) is 11.5 Å². The molecule has 0 saturated carbocycles. The maximum Gasteiger partial charge on any atom is 0.223 e. The third-order valence-corrected chi connectivity index (χ3v) is 2.84. The summed E-state index contributed by atoms with van der Waals surface area (Å²) >= 11 is 0. The van der Waals surface area contributed by atoms with E-state index in [1.54, 1.807) is 0 Å². The molecule has 0 fully saturated rings. The number of rotatable bonds is 10. The lowest BCUT2D eigenvalue weighted by atomic mass is 10.2. The first kappa shape index (κ1) is 17.3. The molecule has 0 heterocycles. The van der Waals surface area contributed by atoms with Crippen LogP contribution in [0, 0.1) is 0 Å². The van der Waals surface area contributed by atoms with Crippen LogP contribution in [-0.4, -0.2) is 32.7 Å². The lowest BCUT2D eigenvalue weighted by Crippen LogP contribution is -2.24. The number of hydrogen-bond donors (Lipinski definition) is 2. The minimum absolute atomic E-state index is 0.00561. The van der Waals surface area contributed by atoms with E-state index in [1.165, 1.54) is 0 Å². The number of hydrogen-bond acceptors (Lipinski definition) is 4. The highest BCUT2D eigenvalue weighted by Crippen LogP contribution is 2.25. The number of benzene rings is 1. The van der Waals surface area contributed by atoms with Crippen molar-refractivity contribution in [2.75, 3.05) is 26.8 Å². The minimum atomic E-state index is 0.00561. The standard InChI is InChI=1S/C16H26N2O3/c1-4-9-20-14-7-6-13(12-17-3)15(11-14)21-10-8-16(19)18-5-2/h6-7,11,17H,4-5,8-10,12H2,1-3H3,(H,18,19). The molecule has 0 spiro atoms. The summed E-state index contributed by atoms with van der Waals surface area (Å²) in [7, 11) is 1.89. The van der Waals surface area contributed by atoms with Gasteiger partial charge < -0.3 is 20.1 Å². The molecule has 21 heavy (non-hydrogen) atoms. The van der Waals surface area contributed by atoms with Gasteiger partial charge in [-0.15, -0.1) is 0 Å². The molecule has 118 valence electrons. The van der Waals surface area contributed by atoms with Crippen molar-refractivity contribution < 1.29 is 14.3 Å². The highest BCUT2D eigenvalue weighted by molar-refractivity contribution is 5.75. The second kappa shape index (κ2) is 10.0. The van der Waals surface area contributed by atoms with Crippen LogP contribution in [0.4, 0.5) is 0 Å². The molecule has 0 aliphatic heterocycles. The molecule has 0 aromatic heterocycles. The molecule has 2 N–H and O–H groups in total. The van der Waals surface area contributed by atoms with Gasteiger partial charge in [-0.1, -0.05) is 13.0 Å². The van der Waals surface area contributed by atoms with Crippen molar-refractivity contribution in [2.24, 2.45) is 0 Å². The molecule has 1 rings (SSSR count). The third kappa shape index (κ3) is 6.49. The Morgan fingerprint density at radius 1 is 1.19 bits per heavy atom. The van der Waals surface area contributed by atoms with Gasteiger partial charge in [0.1, 0.15) is 11.5 Å². The molecular weight excluding hydrogens is 268 g/mol. The van der Waals surface area contributed by atoms with Gasteiger partial charge in [0.2, 0.25) is 5.91 Å². The lowest BCUT2D eigenvalue weighted by molar-refractivity contribution is -0.121. The summed E-state index contributed by atoms with van der Waals surface area (Å²) in [5.41, 5.74) is 1.05. The van der Waals surface area contributed by atoms with Crippen molar-refractivity contribution in [3.63, 3.8) is 0 Å². The quantitative estimate of drug-likeness (QED) is 0.694. The SMILES string of the molecule is CCCOc1ccc(CNC)c(OCCC(=O)NCC)c1. The Balaban J connectivity index is 2.64. The van der Waals surface area contributed by atoms with Crippen molar-refractivity contribution in [1.82, 2.24) is 10.6 Å². The molecular formula is C16H26N2O3. The number of nitrogens with one attached hydrogen (secondary N) is 2. The van der Waals surface area contributed by atoms with Gasteiger partial charge in [-0.25, -0.2) is 0 Å². The van der Waals surface area contributed by atoms with Gasteiger partial charge in [0.15, 0.2) is 0 Å². The minimum Gasteiger partial charge on any atom is -0.493 e. The van der Waals surface area contributed by atoms with Crippen LogP contribution >= 0.6 is 0 Å². The molecule has 0 saturated heterocycles. The van der Waals surface area contributed by atoms with E-state index in [-0.39, 0.29) is 5.91 Å². The van der Waals surface area contributed by atoms with Gasteiger partial charge >= 0.3 is 0 Å². The fraction of sp³-hybridized carbons (Fsp3) is 0.562. The van der Waals surface area contributed by atoms with E-state index in [0.29, 0.717) is 32.7 Å². The van der Waals surface area contributed by atoms with Crippen LogP contribution in [0.25, 0.3) is 0 Å². The second-order valence-electron chi connectivity index (χ2n) is 4.70. The highest BCUT2D eigenvalue weighted by Gasteiger charge is 2.07. The van der Waals surface area contributed by atoms with Crippen molar-refractivity contribution in [1.29, 1.82) is 0 Å². The van der Waals surface area contributed by atoms with E-state index >= 15 is 0 Å². The van der Waals surface area contributed by atoms with Gasteiger partial charge in [0.05, 0.1) is 19.6 Å². The van der Waals surface area contributed by atoms with Gasteiger partial charge in [0.25, 0.3) is 0 Å². The second-order valence-corrected chi connectivity index (χ2v) is 4.70. The maximum atomic E-state index is 11.4. The van der Waals surface area contributed by atoms with E-state index in [9.17, 15) is 4.79 Å². The van der Waals surface area contributed by atoms with E-state index < -0.39 is 0 Å². The Morgan fingerprint density at radius 2 is 2.00 bits per heavy atom. The Bertz CT molecular complexity index is 436. The van der Waals surface area contributed by atoms with Crippen LogP contribution in [0.15, 0.2) is 18.2 Å². The molecule has 0 radical (unpaired) electrons. The zero-order valence-electron chi connectivity index (χ0n) is 13.2. The van der Waals surface area contributed by atoms with E-state index in [4.69, 9.17) is 9.47 Å². The van der Waals surface area contributed by atoms with Crippen LogP contribution in [0.2, 0.25) is 0 Å². The largest absolute Gasteiger partial charge is 0.493 e. The predicted molar refractivity (Wildman–Crippen MR) is 83.8 cm³/mol. The number of carbonyl (C=O) groups excluding carboxylic acids is 1. The zero-order valence-corrected chi connectivity index (χ0v) is 13.2. The predicted octanol–water partition coefficient (Wildman–Crippen LogP) is 2.10. The Labute approximate surface area is 127 Å². The first-order valence-corrected chi connectivity index (χ1v) is 7.51. The van der Waals surface area contributed by atoms with Crippen LogP contribution in [0.1, 0.15) is 32.3 Å². The molecule has 0 aliphatic carbocycles. The van der Waals surface area contributed by atoms with Gasteiger partial charge in [-0.05, 0) is 26.5 Å². The molecule has 5 nitrogen and oxygen atoms in total. The van der Waals surface area contributed by atoms with Gasteiger partial charge in [0, 0.05) is 24.7 Å². The average molecular weight is 294 g/mol. The molecule has 1 amide bonds. The molecule has 0 bridgehead atoms. The monoisotopic (exact) mass is 294 g/mol. The third-order valence-electron chi connectivity index (χ3n) is 2.84. The zero-order chi connectivity index (χ0) is 15.5. The summed E-state index contributed by atoms with van der Waals surface area (Å²) in [5, 5.41) is 5.86. The van der Waals surface area contributed by atoms with E-state index in [2.05, 4.69) is 17.6 Å². The van der Waals surface area contributed by atoms with Crippen LogP contribution in [0.3, 0.4) is 0 Å². The van der Waals surface area contributed by atoms with E-state index in [1.807, 2.05) is 32.2 Å². The summed E-state index contributed by atoms with van der Waals surface area (Å²) in [5.74, 6) is 1.57. The van der Waals surface area contributed by atoms with Crippen molar-refractivity contribution in [3.05, 3.63) is 23.8 Å². The van der Waals surface area contributed by atoms with Gasteiger partial charge in [-0.3, -0.25) is 4.79 Å². The molecule has 0 atom stereocenters. The smallest absolute Gasteiger partial charge is 0.223 e. The number of amides is 1. The summed E-state index contributed by atoms with van der Waals surface area (Å²) in [4.78, 5) is 11.4.